The van der Waals surface area contributed by atoms with Crippen molar-refractivity contribution >= 4 is 5.97 Å². The van der Waals surface area contributed by atoms with Crippen LogP contribution in [-0.4, -0.2) is 11.6 Å². The van der Waals surface area contributed by atoms with E-state index < -0.39 is 0 Å². The molecular formula is C8H12O2. The summed E-state index contributed by atoms with van der Waals surface area (Å²) >= 11 is 0. The van der Waals surface area contributed by atoms with Crippen molar-refractivity contribution in [2.75, 3.05) is 0 Å². The van der Waals surface area contributed by atoms with Crippen LogP contribution in [0.2, 0.25) is 0 Å². The smallest absolute Gasteiger partial charge is 0.317 e. The summed E-state index contributed by atoms with van der Waals surface area (Å²) in [6.07, 6.45) is 3.65. The molecule has 0 unspecified atom stereocenters. The third-order valence-electron chi connectivity index (χ3n) is 1.06. The number of carbonyl (C=O) groups excluding carboxylic acids is 1. The summed E-state index contributed by atoms with van der Waals surface area (Å²) in [5.41, 5.74) is -0.346. The summed E-state index contributed by atoms with van der Waals surface area (Å²) < 4.78 is 5.06. The Bertz CT molecular complexity index is 168. The lowest BCUT2D eigenvalue weighted by atomic mass is 10.2. The molecule has 0 fully saturated rings. The van der Waals surface area contributed by atoms with E-state index in [2.05, 4.69) is 0 Å². The van der Waals surface area contributed by atoms with Gasteiger partial charge in [0.2, 0.25) is 0 Å². The van der Waals surface area contributed by atoms with Crippen LogP contribution in [0.1, 0.15) is 20.8 Å². The molecule has 1 rings (SSSR count). The molecule has 2 nitrogen and oxygen atoms in total. The second-order valence-corrected chi connectivity index (χ2v) is 3.44. The highest BCUT2D eigenvalue weighted by molar-refractivity contribution is 5.80. The van der Waals surface area contributed by atoms with Gasteiger partial charge in [-0.05, 0) is 20.8 Å². The zero-order valence-corrected chi connectivity index (χ0v) is 6.55. The molecule has 0 aromatic carbocycles. The number of esters is 1. The maximum atomic E-state index is 10.9. The summed E-state index contributed by atoms with van der Waals surface area (Å²) in [6.45, 7) is 5.60. The first-order valence-electron chi connectivity index (χ1n) is 3.40. The van der Waals surface area contributed by atoms with Crippen LogP contribution in [0.15, 0.2) is 12.2 Å². The van der Waals surface area contributed by atoms with Gasteiger partial charge in [-0.2, -0.15) is 0 Å². The van der Waals surface area contributed by atoms with E-state index in [-0.39, 0.29) is 17.5 Å². The molecule has 0 spiro atoms. The molecule has 10 heavy (non-hydrogen) atoms. The molecule has 0 N–H and O–H groups in total. The van der Waals surface area contributed by atoms with Gasteiger partial charge in [-0.15, -0.1) is 0 Å². The van der Waals surface area contributed by atoms with Crippen LogP contribution in [0.25, 0.3) is 0 Å². The Morgan fingerprint density at radius 1 is 1.40 bits per heavy atom. The molecule has 1 aliphatic rings. The topological polar surface area (TPSA) is 26.3 Å². The predicted molar refractivity (Wildman–Crippen MR) is 38.5 cm³/mol. The lowest BCUT2D eigenvalue weighted by molar-refractivity contribution is -0.155. The van der Waals surface area contributed by atoms with Crippen molar-refractivity contribution in [3.05, 3.63) is 12.2 Å². The Hall–Kier alpha value is -0.790. The maximum absolute atomic E-state index is 10.9. The van der Waals surface area contributed by atoms with Crippen molar-refractivity contribution in [2.45, 2.75) is 26.4 Å². The van der Waals surface area contributed by atoms with Gasteiger partial charge in [-0.1, -0.05) is 12.2 Å². The highest BCUT2D eigenvalue weighted by Gasteiger charge is 2.26. The highest BCUT2D eigenvalue weighted by atomic mass is 16.6. The molecule has 0 aromatic heterocycles. The molecule has 0 aromatic rings. The van der Waals surface area contributed by atoms with Crippen molar-refractivity contribution < 1.29 is 9.53 Å². The van der Waals surface area contributed by atoms with E-state index in [9.17, 15) is 4.79 Å². The Balaban J connectivity index is 2.31. The Labute approximate surface area is 60.9 Å². The largest absolute Gasteiger partial charge is 0.459 e. The molecule has 0 aliphatic heterocycles. The van der Waals surface area contributed by atoms with Gasteiger partial charge in [0.1, 0.15) is 5.60 Å². The SMILES string of the molecule is CC(C)(C)OC(=O)C1C=C1. The molecule has 0 saturated heterocycles. The Morgan fingerprint density at radius 2 is 1.90 bits per heavy atom. The molecule has 56 valence electrons. The van der Waals surface area contributed by atoms with Crippen LogP contribution in [0.5, 0.6) is 0 Å². The minimum atomic E-state index is -0.346. The van der Waals surface area contributed by atoms with Gasteiger partial charge >= 0.3 is 5.97 Å². The number of hydrogen-bond acceptors (Lipinski definition) is 2. The van der Waals surface area contributed by atoms with Gasteiger partial charge < -0.3 is 4.74 Å². The minimum absolute atomic E-state index is 0.0285. The number of carbonyl (C=O) groups is 1. The van der Waals surface area contributed by atoms with Crippen molar-refractivity contribution in [1.82, 2.24) is 0 Å². The van der Waals surface area contributed by atoms with E-state index in [0.29, 0.717) is 0 Å². The molecule has 0 radical (unpaired) electrons. The fourth-order valence-corrected chi connectivity index (χ4v) is 0.583. The molecule has 0 bridgehead atoms. The molecule has 2 heteroatoms. The molecule has 0 amide bonds. The fraction of sp³-hybridized carbons (Fsp3) is 0.625. The highest BCUT2D eigenvalue weighted by Crippen LogP contribution is 2.20. The maximum Gasteiger partial charge on any atom is 0.317 e. The van der Waals surface area contributed by atoms with E-state index in [4.69, 9.17) is 4.74 Å². The summed E-state index contributed by atoms with van der Waals surface area (Å²) in [5.74, 6) is -0.160. The van der Waals surface area contributed by atoms with Gasteiger partial charge in [0.15, 0.2) is 0 Å². The Morgan fingerprint density at radius 3 is 2.20 bits per heavy atom. The van der Waals surface area contributed by atoms with Gasteiger partial charge in [0.25, 0.3) is 0 Å². The van der Waals surface area contributed by atoms with Gasteiger partial charge in [-0.3, -0.25) is 4.79 Å². The normalized spacial score (nSPS) is 17.1. The molecular weight excluding hydrogens is 128 g/mol. The summed E-state index contributed by atoms with van der Waals surface area (Å²) in [4.78, 5) is 10.9. The average Bonchev–Trinajstić information content (AvgIpc) is 2.35. The van der Waals surface area contributed by atoms with E-state index in [1.807, 2.05) is 32.9 Å². The standard InChI is InChI=1S/C8H12O2/c1-8(2,3)10-7(9)6-4-5-6/h4-6H,1-3H3. The third-order valence-corrected chi connectivity index (χ3v) is 1.06. The monoisotopic (exact) mass is 140 g/mol. The van der Waals surface area contributed by atoms with E-state index in [0.717, 1.165) is 0 Å². The molecule has 1 aliphatic carbocycles. The number of rotatable bonds is 1. The van der Waals surface area contributed by atoms with Gasteiger partial charge in [0, 0.05) is 0 Å². The summed E-state index contributed by atoms with van der Waals surface area (Å²) in [7, 11) is 0. The van der Waals surface area contributed by atoms with Crippen LogP contribution < -0.4 is 0 Å². The van der Waals surface area contributed by atoms with Crippen LogP contribution in [-0.2, 0) is 9.53 Å². The minimum Gasteiger partial charge on any atom is -0.459 e. The second-order valence-electron chi connectivity index (χ2n) is 3.44. The van der Waals surface area contributed by atoms with Crippen molar-refractivity contribution in [3.8, 4) is 0 Å². The lowest BCUT2D eigenvalue weighted by Crippen LogP contribution is -2.24. The van der Waals surface area contributed by atoms with Crippen molar-refractivity contribution in [3.63, 3.8) is 0 Å². The van der Waals surface area contributed by atoms with Gasteiger partial charge in [0.05, 0.1) is 5.92 Å². The Kier molecular flexibility index (Phi) is 1.55. The first kappa shape index (κ1) is 7.32. The lowest BCUT2D eigenvalue weighted by Gasteiger charge is -2.19. The van der Waals surface area contributed by atoms with E-state index in [1.54, 1.807) is 0 Å². The first-order valence-corrected chi connectivity index (χ1v) is 3.40. The van der Waals surface area contributed by atoms with Crippen molar-refractivity contribution in [1.29, 1.82) is 0 Å². The first-order chi connectivity index (χ1) is 4.49. The zero-order chi connectivity index (χ0) is 7.78. The second kappa shape index (κ2) is 2.11. The molecule has 0 atom stereocenters. The summed E-state index contributed by atoms with van der Waals surface area (Å²) in [6, 6.07) is 0. The van der Waals surface area contributed by atoms with Crippen LogP contribution in [0.4, 0.5) is 0 Å². The number of ether oxygens (including phenoxy) is 1. The van der Waals surface area contributed by atoms with Crippen molar-refractivity contribution in [2.24, 2.45) is 5.92 Å². The third kappa shape index (κ3) is 2.21. The van der Waals surface area contributed by atoms with Crippen LogP contribution >= 0.6 is 0 Å². The quantitative estimate of drug-likeness (QED) is 0.407. The predicted octanol–water partition coefficient (Wildman–Crippen LogP) is 1.51. The molecule has 0 heterocycles. The van der Waals surface area contributed by atoms with E-state index >= 15 is 0 Å². The average molecular weight is 140 g/mol. The van der Waals surface area contributed by atoms with Crippen LogP contribution in [0.3, 0.4) is 0 Å². The van der Waals surface area contributed by atoms with Crippen LogP contribution in [0, 0.1) is 5.92 Å². The fourth-order valence-electron chi connectivity index (χ4n) is 0.583. The number of hydrogen-bond donors (Lipinski definition) is 0. The zero-order valence-electron chi connectivity index (χ0n) is 6.55. The summed E-state index contributed by atoms with van der Waals surface area (Å²) in [5, 5.41) is 0. The van der Waals surface area contributed by atoms with E-state index in [1.165, 1.54) is 0 Å². The molecule has 0 saturated carbocycles. The van der Waals surface area contributed by atoms with Gasteiger partial charge in [-0.25, -0.2) is 0 Å².